The average molecular weight is 376 g/mol. The number of benzene rings is 2. The summed E-state index contributed by atoms with van der Waals surface area (Å²) in [5.41, 5.74) is 7.25. The SMILES string of the molecule is CCC[n+]1cc(-c2ccc(C)cn2)cc2c3cccc4c5ccccc5n(c43)c21. The predicted molar refractivity (Wildman–Crippen MR) is 120 cm³/mol. The Morgan fingerprint density at radius 3 is 2.48 bits per heavy atom. The summed E-state index contributed by atoms with van der Waals surface area (Å²) in [6, 6.07) is 22.0. The number of fused-ring (bicyclic) bond motifs is 6. The average Bonchev–Trinajstić information content (AvgIpc) is 3.26. The Hall–Kier alpha value is -3.46. The molecule has 0 saturated carbocycles. The molecule has 6 rings (SSSR count). The van der Waals surface area contributed by atoms with Crippen molar-refractivity contribution in [3.63, 3.8) is 0 Å². The lowest BCUT2D eigenvalue weighted by Gasteiger charge is -2.06. The Morgan fingerprint density at radius 2 is 1.69 bits per heavy atom. The van der Waals surface area contributed by atoms with Crippen molar-refractivity contribution < 1.29 is 4.57 Å². The van der Waals surface area contributed by atoms with Gasteiger partial charge in [0.15, 0.2) is 0 Å². The number of hydrogen-bond donors (Lipinski definition) is 0. The number of nitrogens with zero attached hydrogens (tertiary/aromatic N) is 3. The Kier molecular flexibility index (Phi) is 3.42. The lowest BCUT2D eigenvalue weighted by molar-refractivity contribution is -0.672. The predicted octanol–water partition coefficient (Wildman–Crippen LogP) is 5.90. The Morgan fingerprint density at radius 1 is 0.897 bits per heavy atom. The molecule has 0 aliphatic rings. The lowest BCUT2D eigenvalue weighted by Crippen LogP contribution is -2.35. The zero-order valence-corrected chi connectivity index (χ0v) is 16.7. The van der Waals surface area contributed by atoms with Gasteiger partial charge in [-0.2, -0.15) is 4.40 Å². The fraction of sp³-hybridized carbons (Fsp3) is 0.154. The molecule has 140 valence electrons. The zero-order valence-electron chi connectivity index (χ0n) is 16.7. The summed E-state index contributed by atoms with van der Waals surface area (Å²) in [6.45, 7) is 5.29. The largest absolute Gasteiger partial charge is 0.295 e. The normalized spacial score (nSPS) is 12.1. The number of aryl methyl sites for hydroxylation is 2. The van der Waals surface area contributed by atoms with Crippen molar-refractivity contribution in [1.82, 2.24) is 9.38 Å². The molecule has 4 heterocycles. The molecular weight excluding hydrogens is 354 g/mol. The van der Waals surface area contributed by atoms with Crippen LogP contribution in [-0.4, -0.2) is 9.38 Å². The minimum Gasteiger partial charge on any atom is -0.256 e. The third-order valence-electron chi connectivity index (χ3n) is 5.98. The molecule has 0 radical (unpaired) electrons. The molecule has 3 nitrogen and oxygen atoms in total. The van der Waals surface area contributed by atoms with Crippen LogP contribution in [0.5, 0.6) is 0 Å². The topological polar surface area (TPSA) is 21.2 Å². The van der Waals surface area contributed by atoms with Gasteiger partial charge in [-0.15, -0.1) is 0 Å². The first-order valence-electron chi connectivity index (χ1n) is 10.3. The van der Waals surface area contributed by atoms with Gasteiger partial charge < -0.3 is 0 Å². The van der Waals surface area contributed by atoms with Gasteiger partial charge in [0.2, 0.25) is 0 Å². The third kappa shape index (κ3) is 2.24. The molecule has 0 saturated heterocycles. The molecule has 0 spiro atoms. The van der Waals surface area contributed by atoms with Gasteiger partial charge >= 0.3 is 0 Å². The highest BCUT2D eigenvalue weighted by Crippen LogP contribution is 2.38. The van der Waals surface area contributed by atoms with Gasteiger partial charge in [-0.25, -0.2) is 4.57 Å². The number of pyridine rings is 2. The summed E-state index contributed by atoms with van der Waals surface area (Å²) in [7, 11) is 0. The van der Waals surface area contributed by atoms with E-state index >= 15 is 0 Å². The molecule has 6 aromatic rings. The summed E-state index contributed by atoms with van der Waals surface area (Å²) in [5.74, 6) is 0. The van der Waals surface area contributed by atoms with Crippen LogP contribution in [-0.2, 0) is 6.54 Å². The molecule has 0 aliphatic carbocycles. The van der Waals surface area contributed by atoms with Gasteiger partial charge in [0.05, 0.1) is 17.6 Å². The van der Waals surface area contributed by atoms with Crippen LogP contribution in [0.1, 0.15) is 18.9 Å². The van der Waals surface area contributed by atoms with Crippen LogP contribution in [0, 0.1) is 6.92 Å². The van der Waals surface area contributed by atoms with E-state index in [1.807, 2.05) is 6.20 Å². The highest BCUT2D eigenvalue weighted by Gasteiger charge is 2.26. The molecule has 4 aromatic heterocycles. The molecule has 0 atom stereocenters. The van der Waals surface area contributed by atoms with E-state index in [2.05, 4.69) is 89.7 Å². The van der Waals surface area contributed by atoms with Crippen molar-refractivity contribution in [2.24, 2.45) is 0 Å². The van der Waals surface area contributed by atoms with E-state index in [4.69, 9.17) is 4.98 Å². The third-order valence-corrected chi connectivity index (χ3v) is 5.98. The Bertz CT molecular complexity index is 1510. The summed E-state index contributed by atoms with van der Waals surface area (Å²) in [4.78, 5) is 4.69. The number of aromatic nitrogens is 3. The second-order valence-electron chi connectivity index (χ2n) is 7.93. The summed E-state index contributed by atoms with van der Waals surface area (Å²) >= 11 is 0. The van der Waals surface area contributed by atoms with Gasteiger partial charge in [0, 0.05) is 27.9 Å². The molecule has 0 fully saturated rings. The van der Waals surface area contributed by atoms with Crippen LogP contribution in [0.2, 0.25) is 0 Å². The first kappa shape index (κ1) is 16.5. The van der Waals surface area contributed by atoms with Crippen molar-refractivity contribution in [2.75, 3.05) is 0 Å². The van der Waals surface area contributed by atoms with Crippen LogP contribution in [0.3, 0.4) is 0 Å². The summed E-state index contributed by atoms with van der Waals surface area (Å²) in [6.07, 6.45) is 5.30. The molecule has 0 unspecified atom stereocenters. The van der Waals surface area contributed by atoms with Crippen LogP contribution in [0.4, 0.5) is 0 Å². The van der Waals surface area contributed by atoms with Crippen LogP contribution in [0.15, 0.2) is 73.1 Å². The number of rotatable bonds is 3. The van der Waals surface area contributed by atoms with Crippen LogP contribution < -0.4 is 4.57 Å². The molecule has 29 heavy (non-hydrogen) atoms. The van der Waals surface area contributed by atoms with E-state index in [1.165, 1.54) is 49.4 Å². The van der Waals surface area contributed by atoms with Crippen molar-refractivity contribution in [1.29, 1.82) is 0 Å². The van der Waals surface area contributed by atoms with Gasteiger partial charge in [0.1, 0.15) is 17.2 Å². The van der Waals surface area contributed by atoms with Gasteiger partial charge in [-0.3, -0.25) is 4.98 Å². The van der Waals surface area contributed by atoms with Crippen LogP contribution >= 0.6 is 0 Å². The fourth-order valence-electron chi connectivity index (χ4n) is 4.73. The minimum atomic E-state index is 0.976. The maximum atomic E-state index is 4.69. The molecular formula is C26H22N3+. The lowest BCUT2D eigenvalue weighted by atomic mass is 10.1. The first-order chi connectivity index (χ1) is 14.3. The Balaban J connectivity index is 1.81. The highest BCUT2D eigenvalue weighted by atomic mass is 15.1. The summed E-state index contributed by atoms with van der Waals surface area (Å²) in [5, 5.41) is 5.26. The van der Waals surface area contributed by atoms with Gasteiger partial charge in [-0.05, 0) is 55.3 Å². The first-order valence-corrected chi connectivity index (χ1v) is 10.3. The Labute approximate surface area is 169 Å². The second-order valence-corrected chi connectivity index (χ2v) is 7.93. The molecule has 3 heteroatoms. The molecule has 2 aromatic carbocycles. The van der Waals surface area contributed by atoms with Gasteiger partial charge in [0.25, 0.3) is 5.65 Å². The van der Waals surface area contributed by atoms with E-state index in [0.717, 1.165) is 18.7 Å². The molecule has 0 amide bonds. The van der Waals surface area contributed by atoms with Crippen molar-refractivity contribution >= 4 is 38.2 Å². The van der Waals surface area contributed by atoms with E-state index in [-0.39, 0.29) is 0 Å². The highest BCUT2D eigenvalue weighted by molar-refractivity contribution is 6.22. The van der Waals surface area contributed by atoms with Crippen LogP contribution in [0.25, 0.3) is 49.5 Å². The smallest absolute Gasteiger partial charge is 0.256 e. The zero-order chi connectivity index (χ0) is 19.5. The molecule has 0 N–H and O–H groups in total. The van der Waals surface area contributed by atoms with E-state index < -0.39 is 0 Å². The van der Waals surface area contributed by atoms with E-state index in [9.17, 15) is 0 Å². The van der Waals surface area contributed by atoms with E-state index in [0.29, 0.717) is 0 Å². The fourth-order valence-corrected chi connectivity index (χ4v) is 4.73. The summed E-state index contributed by atoms with van der Waals surface area (Å²) < 4.78 is 4.87. The monoisotopic (exact) mass is 376 g/mol. The maximum Gasteiger partial charge on any atom is 0.295 e. The minimum absolute atomic E-state index is 0.976. The number of para-hydroxylation sites is 2. The van der Waals surface area contributed by atoms with Crippen molar-refractivity contribution in [3.05, 3.63) is 78.6 Å². The molecule has 0 aliphatic heterocycles. The van der Waals surface area contributed by atoms with Crippen molar-refractivity contribution in [3.8, 4) is 11.3 Å². The quantitative estimate of drug-likeness (QED) is 0.352. The second kappa shape index (κ2) is 6.02. The van der Waals surface area contributed by atoms with Crippen molar-refractivity contribution in [2.45, 2.75) is 26.8 Å². The van der Waals surface area contributed by atoms with E-state index in [1.54, 1.807) is 0 Å². The number of hydrogen-bond acceptors (Lipinski definition) is 1. The maximum absolute atomic E-state index is 4.69. The standard InChI is InChI=1S/C26H22N3/c1-3-13-28-16-18(23-12-11-17(2)15-27-23)14-22-21-9-6-8-20-19-7-4-5-10-24(19)29(25(20)21)26(22)28/h4-12,14-16H,3,13H2,1-2H3/q+1. The molecule has 0 bridgehead atoms. The van der Waals surface area contributed by atoms with Gasteiger partial charge in [-0.1, -0.05) is 31.2 Å².